The van der Waals surface area contributed by atoms with Gasteiger partial charge >= 0.3 is 5.97 Å². The van der Waals surface area contributed by atoms with E-state index in [4.69, 9.17) is 20.9 Å². The topological polar surface area (TPSA) is 96.0 Å². The van der Waals surface area contributed by atoms with Crippen molar-refractivity contribution < 1.29 is 19.8 Å². The molecule has 6 heteroatoms. The first-order chi connectivity index (χ1) is 6.07. The number of nitrogens with zero attached hydrogens (tertiary/aromatic N) is 1. The molecule has 0 aromatic rings. The number of hydroxylamine groups is 1. The van der Waals surface area contributed by atoms with E-state index in [-0.39, 0.29) is 13.2 Å². The Morgan fingerprint density at radius 1 is 1.85 bits per heavy atom. The predicted octanol–water partition coefficient (Wildman–Crippen LogP) is -0.926. The van der Waals surface area contributed by atoms with Crippen molar-refractivity contribution in [1.82, 2.24) is 5.17 Å². The Bertz CT molecular complexity index is 251. The lowest BCUT2D eigenvalue weighted by Gasteiger charge is -2.11. The molecule has 1 rings (SSSR count). The SMILES string of the molecule is CC(C(=O)O)C1=C(CO)N(N)OC1. The zero-order valence-corrected chi connectivity index (χ0v) is 7.23. The molecule has 0 saturated heterocycles. The van der Waals surface area contributed by atoms with Crippen LogP contribution in [-0.4, -0.2) is 34.6 Å². The number of carbonyl (C=O) groups is 1. The van der Waals surface area contributed by atoms with Gasteiger partial charge in [-0.1, -0.05) is 0 Å². The number of hydrogen-bond acceptors (Lipinski definition) is 5. The van der Waals surface area contributed by atoms with E-state index < -0.39 is 11.9 Å². The Kier molecular flexibility index (Phi) is 2.86. The van der Waals surface area contributed by atoms with Crippen molar-refractivity contribution in [2.75, 3.05) is 13.2 Å². The summed E-state index contributed by atoms with van der Waals surface area (Å²) in [4.78, 5) is 15.5. The normalized spacial score (nSPS) is 19.5. The first kappa shape index (κ1) is 9.97. The summed E-state index contributed by atoms with van der Waals surface area (Å²) in [6, 6.07) is 0. The molecule has 1 aliphatic rings. The fraction of sp³-hybridized carbons (Fsp3) is 0.571. The zero-order valence-electron chi connectivity index (χ0n) is 7.23. The Balaban J connectivity index is 2.88. The van der Waals surface area contributed by atoms with Crippen LogP contribution in [0.5, 0.6) is 0 Å². The Morgan fingerprint density at radius 2 is 2.46 bits per heavy atom. The van der Waals surface area contributed by atoms with Crippen LogP contribution >= 0.6 is 0 Å². The van der Waals surface area contributed by atoms with Gasteiger partial charge in [0, 0.05) is 0 Å². The Labute approximate surface area is 75.1 Å². The van der Waals surface area contributed by atoms with Crippen LogP contribution in [0.2, 0.25) is 0 Å². The first-order valence-electron chi connectivity index (χ1n) is 3.81. The molecule has 0 saturated carbocycles. The third-order valence-electron chi connectivity index (χ3n) is 2.04. The standard InChI is InChI=1S/C7H12N2O4/c1-4(7(11)12)5-3-13-9(8)6(5)2-10/h4,10H,2-3,8H2,1H3,(H,11,12). The van der Waals surface area contributed by atoms with Gasteiger partial charge in [-0.3, -0.25) is 9.63 Å². The van der Waals surface area contributed by atoms with Gasteiger partial charge in [-0.15, -0.1) is 0 Å². The number of aliphatic hydroxyl groups is 1. The number of hydrazine groups is 1. The number of hydrogen-bond donors (Lipinski definition) is 3. The van der Waals surface area contributed by atoms with Crippen molar-refractivity contribution in [3.63, 3.8) is 0 Å². The van der Waals surface area contributed by atoms with Crippen LogP contribution in [0, 0.1) is 5.92 Å². The Hall–Kier alpha value is -1.11. The monoisotopic (exact) mass is 188 g/mol. The summed E-state index contributed by atoms with van der Waals surface area (Å²) in [6.45, 7) is 1.33. The van der Waals surface area contributed by atoms with Crippen LogP contribution in [0.15, 0.2) is 11.3 Å². The molecular weight excluding hydrogens is 176 g/mol. The molecule has 0 aliphatic carbocycles. The Morgan fingerprint density at radius 3 is 2.92 bits per heavy atom. The van der Waals surface area contributed by atoms with Crippen LogP contribution in [-0.2, 0) is 9.63 Å². The van der Waals surface area contributed by atoms with Gasteiger partial charge in [-0.25, -0.2) is 5.84 Å². The second kappa shape index (κ2) is 3.73. The molecule has 6 nitrogen and oxygen atoms in total. The molecular formula is C7H12N2O4. The maximum Gasteiger partial charge on any atom is 0.310 e. The highest BCUT2D eigenvalue weighted by molar-refractivity contribution is 5.73. The van der Waals surface area contributed by atoms with E-state index in [0.29, 0.717) is 11.3 Å². The van der Waals surface area contributed by atoms with Crippen molar-refractivity contribution in [2.24, 2.45) is 11.8 Å². The molecule has 0 amide bonds. The molecule has 4 N–H and O–H groups in total. The van der Waals surface area contributed by atoms with Gasteiger partial charge in [0.2, 0.25) is 0 Å². The molecule has 0 aromatic heterocycles. The largest absolute Gasteiger partial charge is 0.481 e. The summed E-state index contributed by atoms with van der Waals surface area (Å²) in [7, 11) is 0. The maximum absolute atomic E-state index is 10.6. The summed E-state index contributed by atoms with van der Waals surface area (Å²) in [5, 5.41) is 18.5. The minimum atomic E-state index is -0.958. The highest BCUT2D eigenvalue weighted by Crippen LogP contribution is 2.23. The number of aliphatic hydroxyl groups excluding tert-OH is 1. The van der Waals surface area contributed by atoms with Crippen LogP contribution in [0.1, 0.15) is 6.92 Å². The average molecular weight is 188 g/mol. The molecule has 0 spiro atoms. The van der Waals surface area contributed by atoms with Crippen LogP contribution in [0.25, 0.3) is 0 Å². The number of rotatable bonds is 3. The molecule has 1 unspecified atom stereocenters. The van der Waals surface area contributed by atoms with Crippen molar-refractivity contribution in [3.05, 3.63) is 11.3 Å². The lowest BCUT2D eigenvalue weighted by molar-refractivity contribution is -0.140. The van der Waals surface area contributed by atoms with Crippen molar-refractivity contribution in [2.45, 2.75) is 6.92 Å². The summed E-state index contributed by atoms with van der Waals surface area (Å²) in [5.74, 6) is 3.68. The van der Waals surface area contributed by atoms with Crippen LogP contribution in [0.4, 0.5) is 0 Å². The van der Waals surface area contributed by atoms with Crippen LogP contribution in [0.3, 0.4) is 0 Å². The number of aliphatic carboxylic acids is 1. The van der Waals surface area contributed by atoms with E-state index in [1.807, 2.05) is 0 Å². The maximum atomic E-state index is 10.6. The minimum absolute atomic E-state index is 0.125. The van der Waals surface area contributed by atoms with E-state index in [2.05, 4.69) is 0 Å². The summed E-state index contributed by atoms with van der Waals surface area (Å²) in [5.41, 5.74) is 0.840. The fourth-order valence-electron chi connectivity index (χ4n) is 1.14. The minimum Gasteiger partial charge on any atom is -0.481 e. The second-order valence-corrected chi connectivity index (χ2v) is 2.79. The lowest BCUT2D eigenvalue weighted by Crippen LogP contribution is -2.27. The summed E-state index contributed by atoms with van der Waals surface area (Å²) in [6.07, 6.45) is 0. The predicted molar refractivity (Wildman–Crippen MR) is 42.9 cm³/mol. The van der Waals surface area contributed by atoms with Gasteiger partial charge in [-0.2, -0.15) is 5.17 Å². The van der Waals surface area contributed by atoms with Crippen molar-refractivity contribution in [3.8, 4) is 0 Å². The van der Waals surface area contributed by atoms with Gasteiger partial charge < -0.3 is 10.2 Å². The molecule has 0 fully saturated rings. The van der Waals surface area contributed by atoms with E-state index in [1.54, 1.807) is 0 Å². The van der Waals surface area contributed by atoms with Gasteiger partial charge in [0.15, 0.2) is 0 Å². The van der Waals surface area contributed by atoms with Gasteiger partial charge in [0.1, 0.15) is 6.61 Å². The summed E-state index contributed by atoms with van der Waals surface area (Å²) < 4.78 is 0. The molecule has 0 bridgehead atoms. The molecule has 13 heavy (non-hydrogen) atoms. The molecule has 1 heterocycles. The summed E-state index contributed by atoms with van der Waals surface area (Å²) >= 11 is 0. The molecule has 1 aliphatic heterocycles. The quantitative estimate of drug-likeness (QED) is 0.495. The number of carboxylic acid groups (broad SMARTS) is 1. The number of carboxylic acids is 1. The molecule has 74 valence electrons. The molecule has 1 atom stereocenters. The average Bonchev–Trinajstić information content (AvgIpc) is 2.45. The zero-order chi connectivity index (χ0) is 10.0. The van der Waals surface area contributed by atoms with Gasteiger partial charge in [0.05, 0.1) is 18.2 Å². The third-order valence-corrected chi connectivity index (χ3v) is 2.04. The van der Waals surface area contributed by atoms with Gasteiger partial charge in [0.25, 0.3) is 0 Å². The lowest BCUT2D eigenvalue weighted by atomic mass is 10.0. The van der Waals surface area contributed by atoms with E-state index in [1.165, 1.54) is 6.92 Å². The molecule has 0 aromatic carbocycles. The molecule has 0 radical (unpaired) electrons. The first-order valence-corrected chi connectivity index (χ1v) is 3.81. The van der Waals surface area contributed by atoms with Gasteiger partial charge in [-0.05, 0) is 12.5 Å². The third kappa shape index (κ3) is 1.80. The second-order valence-electron chi connectivity index (χ2n) is 2.79. The smallest absolute Gasteiger partial charge is 0.310 e. The fourth-order valence-corrected chi connectivity index (χ4v) is 1.14. The van der Waals surface area contributed by atoms with E-state index >= 15 is 0 Å². The van der Waals surface area contributed by atoms with E-state index in [0.717, 1.165) is 5.17 Å². The highest BCUT2D eigenvalue weighted by Gasteiger charge is 2.28. The van der Waals surface area contributed by atoms with Crippen LogP contribution < -0.4 is 5.84 Å². The number of nitrogens with two attached hydrogens (primary N) is 1. The van der Waals surface area contributed by atoms with Crippen molar-refractivity contribution in [1.29, 1.82) is 0 Å². The van der Waals surface area contributed by atoms with E-state index in [9.17, 15) is 4.79 Å². The van der Waals surface area contributed by atoms with Crippen molar-refractivity contribution >= 4 is 5.97 Å². The highest BCUT2D eigenvalue weighted by atomic mass is 16.7.